The average Bonchev–Trinajstić information content (AvgIpc) is 3.23. The summed E-state index contributed by atoms with van der Waals surface area (Å²) in [6, 6.07) is -0.980. The predicted octanol–water partition coefficient (Wildman–Crippen LogP) is 14.8. The van der Waals surface area contributed by atoms with Crippen molar-refractivity contribution in [2.24, 2.45) is 0 Å². The highest BCUT2D eigenvalue weighted by atomic mass is 16.3. The Hall–Kier alpha value is -0.690. The second-order valence-corrected chi connectivity index (χ2v) is 18.6. The summed E-state index contributed by atoms with van der Waals surface area (Å²) in [4.78, 5) is 12.6. The Morgan fingerprint density at radius 2 is 0.586 bits per heavy atom. The van der Waals surface area contributed by atoms with E-state index in [9.17, 15) is 25.2 Å². The highest BCUT2D eigenvalue weighted by Crippen LogP contribution is 2.18. The van der Waals surface area contributed by atoms with E-state index >= 15 is 0 Å². The van der Waals surface area contributed by atoms with Crippen molar-refractivity contribution in [3.05, 3.63) is 0 Å². The van der Waals surface area contributed by atoms with Crippen molar-refractivity contribution < 1.29 is 25.2 Å². The van der Waals surface area contributed by atoms with Crippen molar-refractivity contribution in [1.29, 1.82) is 0 Å². The van der Waals surface area contributed by atoms with E-state index in [0.717, 1.165) is 38.5 Å². The summed E-state index contributed by atoms with van der Waals surface area (Å²) >= 11 is 0. The van der Waals surface area contributed by atoms with Gasteiger partial charge < -0.3 is 25.7 Å². The van der Waals surface area contributed by atoms with E-state index in [0.29, 0.717) is 12.8 Å². The second kappa shape index (κ2) is 47.4. The van der Waals surface area contributed by atoms with Gasteiger partial charge in [0.2, 0.25) is 5.91 Å². The third-order valence-corrected chi connectivity index (χ3v) is 12.8. The zero-order valence-corrected chi connectivity index (χ0v) is 39.3. The molecule has 0 heterocycles. The van der Waals surface area contributed by atoms with Crippen LogP contribution < -0.4 is 5.32 Å². The monoisotopic (exact) mass is 824 g/mol. The number of hydrogen-bond donors (Lipinski definition) is 5. The molecule has 0 spiro atoms. The maximum atomic E-state index is 12.6. The van der Waals surface area contributed by atoms with Gasteiger partial charge in [0.1, 0.15) is 12.2 Å². The lowest BCUT2D eigenvalue weighted by molar-refractivity contribution is -0.132. The number of aliphatic hydroxyl groups is 4. The maximum Gasteiger partial charge on any atom is 0.249 e. The molecule has 0 saturated heterocycles. The molecular formula is C52H105NO5. The Kier molecular flexibility index (Phi) is 46.8. The Labute approximate surface area is 362 Å². The summed E-state index contributed by atoms with van der Waals surface area (Å²) in [5.41, 5.74) is 0. The van der Waals surface area contributed by atoms with E-state index in [2.05, 4.69) is 19.2 Å². The first-order chi connectivity index (χ1) is 28.5. The summed E-state index contributed by atoms with van der Waals surface area (Å²) in [6.45, 7) is 4.09. The fourth-order valence-electron chi connectivity index (χ4n) is 8.64. The predicted molar refractivity (Wildman–Crippen MR) is 252 cm³/mol. The molecule has 0 aliphatic rings. The van der Waals surface area contributed by atoms with Crippen molar-refractivity contribution in [2.45, 2.75) is 321 Å². The van der Waals surface area contributed by atoms with Crippen molar-refractivity contribution in [3.63, 3.8) is 0 Å². The first-order valence-corrected chi connectivity index (χ1v) is 26.4. The minimum atomic E-state index is -1.25. The van der Waals surface area contributed by atoms with E-state index < -0.39 is 36.9 Å². The highest BCUT2D eigenvalue weighted by molar-refractivity contribution is 5.80. The molecule has 6 nitrogen and oxygen atoms in total. The van der Waals surface area contributed by atoms with Gasteiger partial charge in [0.05, 0.1) is 18.8 Å². The minimum absolute atomic E-state index is 0.376. The molecule has 0 aliphatic heterocycles. The lowest BCUT2D eigenvalue weighted by Crippen LogP contribution is -2.53. The van der Waals surface area contributed by atoms with Crippen LogP contribution >= 0.6 is 0 Å². The molecule has 58 heavy (non-hydrogen) atoms. The maximum absolute atomic E-state index is 12.6. The number of nitrogens with one attached hydrogen (secondary N) is 1. The molecule has 0 aromatic heterocycles. The zero-order chi connectivity index (χ0) is 42.4. The lowest BCUT2D eigenvalue weighted by Gasteiger charge is -2.27. The fourth-order valence-corrected chi connectivity index (χ4v) is 8.64. The second-order valence-electron chi connectivity index (χ2n) is 18.6. The molecule has 0 aliphatic carbocycles. The van der Waals surface area contributed by atoms with E-state index in [-0.39, 0.29) is 0 Å². The Bertz CT molecular complexity index is 796. The Balaban J connectivity index is 3.60. The number of unbranched alkanes of at least 4 members (excludes halogenated alkanes) is 40. The molecule has 4 unspecified atom stereocenters. The molecular weight excluding hydrogens is 719 g/mol. The topological polar surface area (TPSA) is 110 Å². The number of carbonyl (C=O) groups is 1. The van der Waals surface area contributed by atoms with E-state index in [1.165, 1.54) is 231 Å². The van der Waals surface area contributed by atoms with Gasteiger partial charge in [-0.15, -0.1) is 0 Å². The summed E-state index contributed by atoms with van der Waals surface area (Å²) < 4.78 is 0. The summed E-state index contributed by atoms with van der Waals surface area (Å²) in [7, 11) is 0. The summed E-state index contributed by atoms with van der Waals surface area (Å²) in [6.07, 6.45) is 53.0. The van der Waals surface area contributed by atoms with Gasteiger partial charge in [-0.2, -0.15) is 0 Å². The van der Waals surface area contributed by atoms with Crippen LogP contribution in [0.5, 0.6) is 0 Å². The quantitative estimate of drug-likeness (QED) is 0.0393. The fraction of sp³-hybridized carbons (Fsp3) is 0.981. The van der Waals surface area contributed by atoms with Gasteiger partial charge in [-0.3, -0.25) is 4.79 Å². The molecule has 0 saturated carbocycles. The molecule has 348 valence electrons. The van der Waals surface area contributed by atoms with Crippen LogP contribution in [0.2, 0.25) is 0 Å². The minimum Gasteiger partial charge on any atom is -0.394 e. The van der Waals surface area contributed by atoms with Crippen LogP contribution in [0.1, 0.15) is 296 Å². The molecule has 0 aromatic rings. The molecule has 0 radical (unpaired) electrons. The van der Waals surface area contributed by atoms with Crippen LogP contribution in [-0.4, -0.2) is 57.3 Å². The van der Waals surface area contributed by atoms with Gasteiger partial charge in [-0.05, 0) is 12.8 Å². The largest absolute Gasteiger partial charge is 0.394 e. The van der Waals surface area contributed by atoms with Crippen LogP contribution in [0.4, 0.5) is 0 Å². The highest BCUT2D eigenvalue weighted by Gasteiger charge is 2.28. The SMILES string of the molecule is CCCCCCCCCCCCCCCCCCCCCCCCCCC(O)C(=O)NC(CO)C(O)C(O)CCCCCCCCCCCCCCCCCCCC. The third-order valence-electron chi connectivity index (χ3n) is 12.8. The molecule has 0 bridgehead atoms. The van der Waals surface area contributed by atoms with E-state index in [1.54, 1.807) is 0 Å². The van der Waals surface area contributed by atoms with Gasteiger partial charge in [0.25, 0.3) is 0 Å². The lowest BCUT2D eigenvalue weighted by atomic mass is 9.99. The van der Waals surface area contributed by atoms with E-state index in [1.807, 2.05) is 0 Å². The number of rotatable bonds is 49. The van der Waals surface area contributed by atoms with Crippen LogP contribution in [0.15, 0.2) is 0 Å². The molecule has 0 aromatic carbocycles. The number of hydrogen-bond acceptors (Lipinski definition) is 5. The number of carbonyl (C=O) groups excluding carboxylic acids is 1. The molecule has 1 amide bonds. The standard InChI is InChI=1S/C52H105NO5/c1-3-5-7-9-11-13-15-17-19-21-23-24-25-26-27-28-30-32-34-36-38-40-42-44-46-50(56)52(58)53-48(47-54)51(57)49(55)45-43-41-39-37-35-33-31-29-22-20-18-16-14-12-10-8-6-4-2/h48-51,54-57H,3-47H2,1-2H3,(H,53,58). The molecule has 4 atom stereocenters. The zero-order valence-electron chi connectivity index (χ0n) is 39.3. The summed E-state index contributed by atoms with van der Waals surface area (Å²) in [5.74, 6) is -0.576. The number of amides is 1. The van der Waals surface area contributed by atoms with Crippen molar-refractivity contribution in [2.75, 3.05) is 6.61 Å². The summed E-state index contributed by atoms with van der Waals surface area (Å²) in [5, 5.41) is 43.9. The third kappa shape index (κ3) is 40.7. The van der Waals surface area contributed by atoms with Crippen LogP contribution in [-0.2, 0) is 4.79 Å². The molecule has 0 rings (SSSR count). The van der Waals surface area contributed by atoms with Crippen molar-refractivity contribution in [1.82, 2.24) is 5.32 Å². The van der Waals surface area contributed by atoms with Crippen molar-refractivity contribution in [3.8, 4) is 0 Å². The Morgan fingerprint density at radius 3 is 0.828 bits per heavy atom. The smallest absolute Gasteiger partial charge is 0.249 e. The van der Waals surface area contributed by atoms with Gasteiger partial charge in [-0.1, -0.05) is 284 Å². The van der Waals surface area contributed by atoms with Crippen LogP contribution in [0, 0.1) is 0 Å². The Morgan fingerprint density at radius 1 is 0.362 bits per heavy atom. The normalized spacial score (nSPS) is 13.8. The van der Waals surface area contributed by atoms with Gasteiger partial charge in [0.15, 0.2) is 0 Å². The van der Waals surface area contributed by atoms with E-state index in [4.69, 9.17) is 0 Å². The van der Waals surface area contributed by atoms with Crippen LogP contribution in [0.25, 0.3) is 0 Å². The van der Waals surface area contributed by atoms with Gasteiger partial charge >= 0.3 is 0 Å². The molecule has 0 fully saturated rings. The first kappa shape index (κ1) is 57.3. The van der Waals surface area contributed by atoms with Crippen LogP contribution in [0.3, 0.4) is 0 Å². The van der Waals surface area contributed by atoms with Gasteiger partial charge in [-0.25, -0.2) is 0 Å². The molecule has 6 heteroatoms. The average molecular weight is 824 g/mol. The number of aliphatic hydroxyl groups excluding tert-OH is 4. The first-order valence-electron chi connectivity index (χ1n) is 26.4. The van der Waals surface area contributed by atoms with Crippen molar-refractivity contribution >= 4 is 5.91 Å². The molecule has 5 N–H and O–H groups in total. The van der Waals surface area contributed by atoms with Gasteiger partial charge in [0, 0.05) is 0 Å².